The maximum Gasteiger partial charge on any atom is 0.136 e. The first-order valence-corrected chi connectivity index (χ1v) is 4.26. The summed E-state index contributed by atoms with van der Waals surface area (Å²) in [5.41, 5.74) is 0.682. The van der Waals surface area contributed by atoms with Gasteiger partial charge in [0.2, 0.25) is 0 Å². The van der Waals surface area contributed by atoms with Crippen LogP contribution in [0.15, 0.2) is 12.1 Å². The number of benzene rings is 1. The fourth-order valence-electron chi connectivity index (χ4n) is 0.852. The molecule has 0 saturated carbocycles. The van der Waals surface area contributed by atoms with Gasteiger partial charge in [-0.05, 0) is 34.7 Å². The fraction of sp³-hybridized carbons (Fsp3) is 0.125. The van der Waals surface area contributed by atoms with E-state index in [-0.39, 0.29) is 6.61 Å². The Bertz CT molecular complexity index is 346. The normalized spacial score (nSPS) is 9.50. The molecule has 0 heterocycles. The lowest BCUT2D eigenvalue weighted by molar-refractivity contribution is 0.280. The summed E-state index contributed by atoms with van der Waals surface area (Å²) in [4.78, 5) is 0. The molecule has 0 radical (unpaired) electrons. The summed E-state index contributed by atoms with van der Waals surface area (Å²) in [5.74, 6) is -0.404. The molecule has 0 aliphatic heterocycles. The van der Waals surface area contributed by atoms with Crippen LogP contribution in [-0.4, -0.2) is 5.11 Å². The average molecular weight is 277 g/mol. The van der Waals surface area contributed by atoms with Gasteiger partial charge >= 0.3 is 0 Å². The molecule has 0 bridgehead atoms. The molecule has 1 aromatic rings. The van der Waals surface area contributed by atoms with Crippen LogP contribution in [0.4, 0.5) is 4.39 Å². The second-order valence-electron chi connectivity index (χ2n) is 2.16. The van der Waals surface area contributed by atoms with Crippen LogP contribution in [0.1, 0.15) is 11.1 Å². The number of nitrogens with zero attached hydrogens (tertiary/aromatic N) is 1. The number of rotatable bonds is 1. The Labute approximate surface area is 82.8 Å². The first kappa shape index (κ1) is 9.42. The van der Waals surface area contributed by atoms with Crippen LogP contribution in [0.2, 0.25) is 0 Å². The molecule has 1 N–H and O–H groups in total. The van der Waals surface area contributed by atoms with Crippen LogP contribution < -0.4 is 0 Å². The minimum atomic E-state index is -0.404. The highest BCUT2D eigenvalue weighted by Crippen LogP contribution is 2.19. The molecule has 0 unspecified atom stereocenters. The average Bonchev–Trinajstić information content (AvgIpc) is 2.09. The van der Waals surface area contributed by atoms with E-state index in [0.29, 0.717) is 14.7 Å². The van der Waals surface area contributed by atoms with Gasteiger partial charge in [-0.25, -0.2) is 4.39 Å². The van der Waals surface area contributed by atoms with Crippen molar-refractivity contribution < 1.29 is 9.50 Å². The highest BCUT2D eigenvalue weighted by Gasteiger charge is 2.09. The van der Waals surface area contributed by atoms with Crippen LogP contribution in [0.3, 0.4) is 0 Å². The Morgan fingerprint density at radius 2 is 2.25 bits per heavy atom. The van der Waals surface area contributed by atoms with Crippen molar-refractivity contribution in [1.29, 1.82) is 5.26 Å². The molecule has 0 saturated heterocycles. The SMILES string of the molecule is N#Cc1ccc(F)c(I)c1CO. The van der Waals surface area contributed by atoms with E-state index in [1.54, 1.807) is 22.6 Å². The van der Waals surface area contributed by atoms with E-state index >= 15 is 0 Å². The van der Waals surface area contributed by atoms with E-state index in [1.807, 2.05) is 6.07 Å². The first-order chi connectivity index (χ1) is 5.70. The second-order valence-corrected chi connectivity index (χ2v) is 3.24. The number of hydrogen-bond acceptors (Lipinski definition) is 2. The van der Waals surface area contributed by atoms with Crippen molar-refractivity contribution in [1.82, 2.24) is 0 Å². The van der Waals surface area contributed by atoms with Gasteiger partial charge in [-0.2, -0.15) is 5.26 Å². The van der Waals surface area contributed by atoms with Crippen molar-refractivity contribution >= 4 is 22.6 Å². The molecule has 62 valence electrons. The van der Waals surface area contributed by atoms with E-state index in [1.165, 1.54) is 12.1 Å². The third-order valence-corrected chi connectivity index (χ3v) is 2.64. The van der Waals surface area contributed by atoms with E-state index in [4.69, 9.17) is 10.4 Å². The number of halogens is 2. The zero-order valence-corrected chi connectivity index (χ0v) is 8.17. The van der Waals surface area contributed by atoms with Crippen molar-refractivity contribution in [2.24, 2.45) is 0 Å². The highest BCUT2D eigenvalue weighted by molar-refractivity contribution is 14.1. The van der Waals surface area contributed by atoms with Gasteiger partial charge in [0.1, 0.15) is 5.82 Å². The molecule has 0 fully saturated rings. The van der Waals surface area contributed by atoms with Crippen LogP contribution in [0.25, 0.3) is 0 Å². The number of nitriles is 1. The summed E-state index contributed by atoms with van der Waals surface area (Å²) in [7, 11) is 0. The molecular formula is C8H5FINO. The van der Waals surface area contributed by atoms with Gasteiger partial charge < -0.3 is 5.11 Å². The lowest BCUT2D eigenvalue weighted by atomic mass is 10.1. The number of hydrogen-bond donors (Lipinski definition) is 1. The Morgan fingerprint density at radius 1 is 1.58 bits per heavy atom. The Morgan fingerprint density at radius 3 is 2.75 bits per heavy atom. The zero-order chi connectivity index (χ0) is 9.14. The smallest absolute Gasteiger partial charge is 0.136 e. The van der Waals surface area contributed by atoms with Gasteiger partial charge in [-0.3, -0.25) is 0 Å². The second kappa shape index (κ2) is 3.83. The molecule has 0 amide bonds. The molecule has 1 rings (SSSR count). The molecular weight excluding hydrogens is 272 g/mol. The van der Waals surface area contributed by atoms with Crippen LogP contribution in [-0.2, 0) is 6.61 Å². The maximum absolute atomic E-state index is 12.9. The molecule has 0 atom stereocenters. The minimum absolute atomic E-state index is 0.307. The standard InChI is InChI=1S/C8H5FINO/c9-7-2-1-5(3-11)6(4-12)8(7)10/h1-2,12H,4H2. The van der Waals surface area contributed by atoms with Crippen molar-refractivity contribution in [3.63, 3.8) is 0 Å². The lowest BCUT2D eigenvalue weighted by Crippen LogP contribution is -1.96. The van der Waals surface area contributed by atoms with Gasteiger partial charge in [0.15, 0.2) is 0 Å². The Balaban J connectivity index is 3.38. The maximum atomic E-state index is 12.9. The van der Waals surface area contributed by atoms with Crippen molar-refractivity contribution in [3.05, 3.63) is 32.6 Å². The summed E-state index contributed by atoms with van der Waals surface area (Å²) in [5, 5.41) is 17.4. The molecule has 0 aliphatic rings. The fourth-order valence-corrected chi connectivity index (χ4v) is 1.49. The lowest BCUT2D eigenvalue weighted by Gasteiger charge is -2.03. The van der Waals surface area contributed by atoms with Gasteiger partial charge in [0, 0.05) is 5.56 Å². The van der Waals surface area contributed by atoms with Crippen molar-refractivity contribution in [3.8, 4) is 6.07 Å². The van der Waals surface area contributed by atoms with E-state index in [9.17, 15) is 4.39 Å². The molecule has 0 aromatic heterocycles. The van der Waals surface area contributed by atoms with Gasteiger partial charge in [0.05, 0.1) is 21.8 Å². The predicted molar refractivity (Wildman–Crippen MR) is 49.8 cm³/mol. The van der Waals surface area contributed by atoms with E-state index < -0.39 is 5.82 Å². The quantitative estimate of drug-likeness (QED) is 0.795. The van der Waals surface area contributed by atoms with Crippen LogP contribution >= 0.6 is 22.6 Å². The first-order valence-electron chi connectivity index (χ1n) is 3.18. The number of aliphatic hydroxyl groups excluding tert-OH is 1. The topological polar surface area (TPSA) is 44.0 Å². The molecule has 4 heteroatoms. The van der Waals surface area contributed by atoms with Gasteiger partial charge in [-0.15, -0.1) is 0 Å². The number of aliphatic hydroxyl groups is 1. The summed E-state index contributed by atoms with van der Waals surface area (Å²) in [6, 6.07) is 4.47. The van der Waals surface area contributed by atoms with Crippen LogP contribution in [0.5, 0.6) is 0 Å². The van der Waals surface area contributed by atoms with E-state index in [0.717, 1.165) is 0 Å². The molecule has 0 spiro atoms. The Kier molecular flexibility index (Phi) is 3.00. The third kappa shape index (κ3) is 1.57. The van der Waals surface area contributed by atoms with Crippen molar-refractivity contribution in [2.45, 2.75) is 6.61 Å². The van der Waals surface area contributed by atoms with Gasteiger partial charge in [0.25, 0.3) is 0 Å². The van der Waals surface area contributed by atoms with E-state index in [2.05, 4.69) is 0 Å². The third-order valence-electron chi connectivity index (χ3n) is 1.47. The van der Waals surface area contributed by atoms with Crippen molar-refractivity contribution in [2.75, 3.05) is 0 Å². The monoisotopic (exact) mass is 277 g/mol. The molecule has 1 aromatic carbocycles. The highest BCUT2D eigenvalue weighted by atomic mass is 127. The van der Waals surface area contributed by atoms with Gasteiger partial charge in [-0.1, -0.05) is 0 Å². The largest absolute Gasteiger partial charge is 0.392 e. The minimum Gasteiger partial charge on any atom is -0.392 e. The predicted octanol–water partition coefficient (Wildman–Crippen LogP) is 1.79. The zero-order valence-electron chi connectivity index (χ0n) is 6.01. The summed E-state index contributed by atoms with van der Waals surface area (Å²) in [6.07, 6.45) is 0. The summed E-state index contributed by atoms with van der Waals surface area (Å²) < 4.78 is 13.2. The van der Waals surface area contributed by atoms with Crippen LogP contribution in [0, 0.1) is 20.7 Å². The summed E-state index contributed by atoms with van der Waals surface area (Å²) >= 11 is 1.77. The molecule has 2 nitrogen and oxygen atoms in total. The summed E-state index contributed by atoms with van der Waals surface area (Å²) in [6.45, 7) is -0.307. The Hall–Kier alpha value is -0.670. The molecule has 0 aliphatic carbocycles. The molecule has 12 heavy (non-hydrogen) atoms.